The normalized spacial score (nSPS) is 18.2. The summed E-state index contributed by atoms with van der Waals surface area (Å²) in [5, 5.41) is 1.23. The first-order valence-corrected chi connectivity index (χ1v) is 6.92. The lowest BCUT2D eigenvalue weighted by molar-refractivity contribution is 0.175. The summed E-state index contributed by atoms with van der Waals surface area (Å²) in [6.07, 6.45) is 6.34. The third-order valence-electron chi connectivity index (χ3n) is 2.19. The smallest absolute Gasteiger partial charge is 0.478 e. The van der Waals surface area contributed by atoms with Gasteiger partial charge in [-0.25, -0.2) is 0 Å². The van der Waals surface area contributed by atoms with Gasteiger partial charge in [-0.1, -0.05) is 26.2 Å². The van der Waals surface area contributed by atoms with Gasteiger partial charge in [0.05, 0.1) is 0 Å². The van der Waals surface area contributed by atoms with E-state index in [0.717, 1.165) is 13.2 Å². The van der Waals surface area contributed by atoms with Gasteiger partial charge in [0.1, 0.15) is 0 Å². The van der Waals surface area contributed by atoms with Gasteiger partial charge in [0, 0.05) is 13.2 Å². The molecule has 1 saturated heterocycles. The third kappa shape index (κ3) is 4.47. The first-order chi connectivity index (χ1) is 5.93. The molecular weight excluding hydrogens is 167 g/mol. The molecular formula is C9H19AlO2. The Labute approximate surface area is 80.3 Å². The Morgan fingerprint density at radius 2 is 2.25 bits per heavy atom. The first-order valence-electron chi connectivity index (χ1n) is 5.16. The van der Waals surface area contributed by atoms with Crippen LogP contribution in [-0.4, -0.2) is 28.0 Å². The minimum absolute atomic E-state index is 0.935. The van der Waals surface area contributed by atoms with E-state index in [2.05, 4.69) is 6.92 Å². The second-order valence-corrected chi connectivity index (χ2v) is 5.48. The first kappa shape index (κ1) is 10.5. The third-order valence-corrected chi connectivity index (χ3v) is 4.28. The lowest BCUT2D eigenvalue weighted by atomic mass is 10.3. The van der Waals surface area contributed by atoms with E-state index < -0.39 is 14.8 Å². The van der Waals surface area contributed by atoms with Crippen molar-refractivity contribution in [3.05, 3.63) is 0 Å². The van der Waals surface area contributed by atoms with Crippen molar-refractivity contribution in [1.29, 1.82) is 0 Å². The molecule has 0 saturated carbocycles. The Morgan fingerprint density at radius 3 is 2.92 bits per heavy atom. The zero-order valence-electron chi connectivity index (χ0n) is 8.05. The monoisotopic (exact) mass is 186 g/mol. The van der Waals surface area contributed by atoms with Gasteiger partial charge >= 0.3 is 14.8 Å². The molecule has 0 atom stereocenters. The van der Waals surface area contributed by atoms with Crippen molar-refractivity contribution in [2.75, 3.05) is 13.2 Å². The fourth-order valence-corrected chi connectivity index (χ4v) is 3.32. The summed E-state index contributed by atoms with van der Waals surface area (Å²) in [6.45, 7) is 4.10. The van der Waals surface area contributed by atoms with Crippen molar-refractivity contribution >= 4 is 14.8 Å². The van der Waals surface area contributed by atoms with Gasteiger partial charge in [-0.3, -0.25) is 0 Å². The molecule has 0 N–H and O–H groups in total. The van der Waals surface area contributed by atoms with Crippen molar-refractivity contribution in [2.24, 2.45) is 0 Å². The van der Waals surface area contributed by atoms with Gasteiger partial charge in [0.25, 0.3) is 0 Å². The molecule has 0 aromatic heterocycles. The van der Waals surface area contributed by atoms with Gasteiger partial charge in [0.2, 0.25) is 0 Å². The van der Waals surface area contributed by atoms with Crippen molar-refractivity contribution in [3.8, 4) is 0 Å². The zero-order valence-corrected chi connectivity index (χ0v) is 9.21. The quantitative estimate of drug-likeness (QED) is 0.485. The fourth-order valence-electron chi connectivity index (χ4n) is 1.41. The molecule has 70 valence electrons. The molecule has 0 radical (unpaired) electrons. The summed E-state index contributed by atoms with van der Waals surface area (Å²) in [5.74, 6) is 0. The summed E-state index contributed by atoms with van der Waals surface area (Å²) in [4.78, 5) is 0. The van der Waals surface area contributed by atoms with E-state index in [-0.39, 0.29) is 0 Å². The van der Waals surface area contributed by atoms with E-state index in [1.54, 1.807) is 0 Å². The zero-order chi connectivity index (χ0) is 8.65. The van der Waals surface area contributed by atoms with Crippen LogP contribution in [0.3, 0.4) is 0 Å². The average Bonchev–Trinajstić information content (AvgIpc) is 2.14. The molecule has 0 aromatic rings. The predicted molar refractivity (Wildman–Crippen MR) is 51.2 cm³/mol. The Hall–Kier alpha value is 0.452. The van der Waals surface area contributed by atoms with Gasteiger partial charge in [-0.05, 0) is 18.1 Å². The molecule has 1 heterocycles. The van der Waals surface area contributed by atoms with Crippen molar-refractivity contribution in [2.45, 2.75) is 44.3 Å². The topological polar surface area (TPSA) is 18.5 Å². The maximum Gasteiger partial charge on any atom is 0.674 e. The molecule has 0 aliphatic carbocycles. The van der Waals surface area contributed by atoms with Crippen LogP contribution in [0.15, 0.2) is 0 Å². The van der Waals surface area contributed by atoms with Crippen LogP contribution >= 0.6 is 0 Å². The molecule has 1 rings (SSSR count). The maximum absolute atomic E-state index is 5.70. The molecule has 0 unspecified atom stereocenters. The largest absolute Gasteiger partial charge is 0.674 e. The molecule has 1 aliphatic heterocycles. The molecule has 1 fully saturated rings. The fraction of sp³-hybridized carbons (Fsp3) is 1.00. The van der Waals surface area contributed by atoms with Crippen molar-refractivity contribution < 1.29 is 7.58 Å². The summed E-state index contributed by atoms with van der Waals surface area (Å²) in [6, 6.07) is 0. The molecule has 0 spiro atoms. The summed E-state index contributed by atoms with van der Waals surface area (Å²) < 4.78 is 11.3. The Bertz CT molecular complexity index is 103. The SMILES string of the molecule is CCCCC[O][Al]1[CH2]CCC[O]1. The number of hydrogen-bond acceptors (Lipinski definition) is 2. The van der Waals surface area contributed by atoms with E-state index in [4.69, 9.17) is 7.58 Å². The van der Waals surface area contributed by atoms with Gasteiger partial charge in [-0.2, -0.15) is 0 Å². The highest BCUT2D eigenvalue weighted by Crippen LogP contribution is 2.11. The average molecular weight is 186 g/mol. The highest BCUT2D eigenvalue weighted by atomic mass is 27.2. The van der Waals surface area contributed by atoms with Crippen molar-refractivity contribution in [1.82, 2.24) is 0 Å². The summed E-state index contributed by atoms with van der Waals surface area (Å²) in [5.41, 5.74) is 0. The molecule has 3 heteroatoms. The Balaban J connectivity index is 1.91. The molecule has 12 heavy (non-hydrogen) atoms. The molecule has 1 aliphatic rings. The molecule has 0 bridgehead atoms. The van der Waals surface area contributed by atoms with Gasteiger partial charge in [0.15, 0.2) is 0 Å². The number of hydrogen-bond donors (Lipinski definition) is 0. The standard InChI is InChI=1S/C5H11O.C4H8O.Al/c1-2-3-4-5-6;1-2-3-4-5;/h2-5H2,1H3;1-4H2;/q2*-1;+2. The van der Waals surface area contributed by atoms with Crippen LogP contribution in [0.25, 0.3) is 0 Å². The van der Waals surface area contributed by atoms with E-state index in [9.17, 15) is 0 Å². The van der Waals surface area contributed by atoms with Crippen LogP contribution in [0.5, 0.6) is 0 Å². The Morgan fingerprint density at radius 1 is 1.33 bits per heavy atom. The Kier molecular flexibility index (Phi) is 6.07. The molecule has 2 nitrogen and oxygen atoms in total. The van der Waals surface area contributed by atoms with E-state index >= 15 is 0 Å². The summed E-state index contributed by atoms with van der Waals surface area (Å²) >= 11 is -1.17. The van der Waals surface area contributed by atoms with E-state index in [0.29, 0.717) is 0 Å². The van der Waals surface area contributed by atoms with Crippen LogP contribution in [0.2, 0.25) is 5.28 Å². The number of unbranched alkanes of at least 4 members (excludes halogenated alkanes) is 2. The predicted octanol–water partition coefficient (Wildman–Crippen LogP) is 2.49. The molecule has 0 aromatic carbocycles. The number of rotatable bonds is 5. The van der Waals surface area contributed by atoms with Crippen LogP contribution in [0, 0.1) is 0 Å². The second-order valence-electron chi connectivity index (χ2n) is 3.37. The van der Waals surface area contributed by atoms with Gasteiger partial charge < -0.3 is 7.58 Å². The highest BCUT2D eigenvalue weighted by Gasteiger charge is 2.26. The minimum atomic E-state index is -1.17. The second kappa shape index (κ2) is 6.91. The minimum Gasteiger partial charge on any atom is -0.478 e. The maximum atomic E-state index is 5.70. The van der Waals surface area contributed by atoms with Crippen LogP contribution in [0.1, 0.15) is 39.0 Å². The van der Waals surface area contributed by atoms with Gasteiger partial charge in [-0.15, -0.1) is 0 Å². The lowest BCUT2D eigenvalue weighted by Gasteiger charge is -2.17. The van der Waals surface area contributed by atoms with Crippen LogP contribution in [-0.2, 0) is 7.58 Å². The lowest BCUT2D eigenvalue weighted by Crippen LogP contribution is -2.27. The highest BCUT2D eigenvalue weighted by molar-refractivity contribution is 6.44. The van der Waals surface area contributed by atoms with Crippen molar-refractivity contribution in [3.63, 3.8) is 0 Å². The molecule has 0 amide bonds. The van der Waals surface area contributed by atoms with Crippen LogP contribution < -0.4 is 0 Å². The summed E-state index contributed by atoms with van der Waals surface area (Å²) in [7, 11) is 0. The van der Waals surface area contributed by atoms with E-state index in [1.165, 1.54) is 37.4 Å². The van der Waals surface area contributed by atoms with E-state index in [1.807, 2.05) is 0 Å². The van der Waals surface area contributed by atoms with Crippen LogP contribution in [0.4, 0.5) is 0 Å².